The Hall–Kier alpha value is -0.610. The Morgan fingerprint density at radius 1 is 1.50 bits per heavy atom. The standard InChI is InChI=1S/C10H18O4/c1-10(2,3)9-13-6-7(14-9)5-8(11)12-4/h7,9H,5-6H2,1-4H3. The summed E-state index contributed by atoms with van der Waals surface area (Å²) in [5.41, 5.74) is -0.0507. The van der Waals surface area contributed by atoms with E-state index in [1.54, 1.807) is 0 Å². The lowest BCUT2D eigenvalue weighted by Crippen LogP contribution is -2.28. The zero-order valence-electron chi connectivity index (χ0n) is 9.20. The van der Waals surface area contributed by atoms with Gasteiger partial charge in [0.05, 0.1) is 26.2 Å². The van der Waals surface area contributed by atoms with Crippen molar-refractivity contribution in [1.29, 1.82) is 0 Å². The van der Waals surface area contributed by atoms with Gasteiger partial charge in [0.15, 0.2) is 6.29 Å². The predicted octanol–water partition coefficient (Wildman–Crippen LogP) is 1.34. The number of ether oxygens (including phenoxy) is 3. The van der Waals surface area contributed by atoms with Gasteiger partial charge in [-0.1, -0.05) is 20.8 Å². The molecule has 1 heterocycles. The van der Waals surface area contributed by atoms with Crippen LogP contribution in [0.25, 0.3) is 0 Å². The van der Waals surface area contributed by atoms with Gasteiger partial charge in [-0.2, -0.15) is 0 Å². The molecule has 0 N–H and O–H groups in total. The van der Waals surface area contributed by atoms with E-state index in [0.717, 1.165) is 0 Å². The molecule has 0 aliphatic carbocycles. The highest BCUT2D eigenvalue weighted by atomic mass is 16.7. The van der Waals surface area contributed by atoms with E-state index >= 15 is 0 Å². The molecule has 1 saturated heterocycles. The third-order valence-electron chi connectivity index (χ3n) is 2.08. The maximum atomic E-state index is 11.0. The molecule has 1 aliphatic rings. The summed E-state index contributed by atoms with van der Waals surface area (Å²) in [5.74, 6) is -0.256. The molecule has 2 atom stereocenters. The molecule has 0 spiro atoms. The van der Waals surface area contributed by atoms with E-state index in [0.29, 0.717) is 6.61 Å². The molecule has 0 aromatic heterocycles. The zero-order valence-corrected chi connectivity index (χ0v) is 9.20. The maximum Gasteiger partial charge on any atom is 0.308 e. The highest BCUT2D eigenvalue weighted by Crippen LogP contribution is 2.29. The van der Waals surface area contributed by atoms with Gasteiger partial charge in [-0.3, -0.25) is 4.79 Å². The van der Waals surface area contributed by atoms with Gasteiger partial charge in [0.2, 0.25) is 0 Å². The third kappa shape index (κ3) is 2.96. The molecule has 2 unspecified atom stereocenters. The number of hydrogen-bond acceptors (Lipinski definition) is 4. The van der Waals surface area contributed by atoms with E-state index in [4.69, 9.17) is 9.47 Å². The normalized spacial score (nSPS) is 27.7. The molecule has 4 heteroatoms. The van der Waals surface area contributed by atoms with Crippen LogP contribution in [0.4, 0.5) is 0 Å². The monoisotopic (exact) mass is 202 g/mol. The van der Waals surface area contributed by atoms with E-state index in [-0.39, 0.29) is 30.2 Å². The van der Waals surface area contributed by atoms with Gasteiger partial charge in [0.25, 0.3) is 0 Å². The highest BCUT2D eigenvalue weighted by Gasteiger charge is 2.35. The second-order valence-electron chi connectivity index (χ2n) is 4.57. The fourth-order valence-corrected chi connectivity index (χ4v) is 1.28. The average Bonchev–Trinajstić information content (AvgIpc) is 2.51. The van der Waals surface area contributed by atoms with Gasteiger partial charge in [0, 0.05) is 5.41 Å². The summed E-state index contributed by atoms with van der Waals surface area (Å²) in [6.45, 7) is 6.59. The average molecular weight is 202 g/mol. The van der Waals surface area contributed by atoms with Gasteiger partial charge in [-0.15, -0.1) is 0 Å². The molecular weight excluding hydrogens is 184 g/mol. The van der Waals surface area contributed by atoms with Crippen molar-refractivity contribution in [2.75, 3.05) is 13.7 Å². The smallest absolute Gasteiger partial charge is 0.308 e. The molecular formula is C10H18O4. The number of hydrogen-bond donors (Lipinski definition) is 0. The molecule has 0 amide bonds. The van der Waals surface area contributed by atoms with Crippen LogP contribution in [0.15, 0.2) is 0 Å². The van der Waals surface area contributed by atoms with Crippen LogP contribution in [0.2, 0.25) is 0 Å². The fourth-order valence-electron chi connectivity index (χ4n) is 1.28. The quantitative estimate of drug-likeness (QED) is 0.634. The van der Waals surface area contributed by atoms with Crippen LogP contribution in [0.1, 0.15) is 27.2 Å². The SMILES string of the molecule is COC(=O)CC1COC(C(C)(C)C)O1. The summed E-state index contributed by atoms with van der Waals surface area (Å²) in [5, 5.41) is 0. The van der Waals surface area contributed by atoms with Gasteiger partial charge in [-0.25, -0.2) is 0 Å². The largest absolute Gasteiger partial charge is 0.469 e. The Labute approximate surface area is 84.5 Å². The summed E-state index contributed by atoms with van der Waals surface area (Å²) in [6, 6.07) is 0. The molecule has 1 fully saturated rings. The van der Waals surface area contributed by atoms with Crippen molar-refractivity contribution in [3.8, 4) is 0 Å². The second kappa shape index (κ2) is 4.28. The Kier molecular flexibility index (Phi) is 3.50. The first kappa shape index (κ1) is 11.5. The molecule has 0 saturated carbocycles. The lowest BCUT2D eigenvalue weighted by molar-refractivity contribution is -0.147. The number of carbonyl (C=O) groups excluding carboxylic acids is 1. The third-order valence-corrected chi connectivity index (χ3v) is 2.08. The number of carbonyl (C=O) groups is 1. The minimum atomic E-state index is -0.256. The summed E-state index contributed by atoms with van der Waals surface area (Å²) >= 11 is 0. The van der Waals surface area contributed by atoms with Gasteiger partial charge in [-0.05, 0) is 0 Å². The van der Waals surface area contributed by atoms with Gasteiger partial charge >= 0.3 is 5.97 Å². The molecule has 14 heavy (non-hydrogen) atoms. The summed E-state index contributed by atoms with van der Waals surface area (Å²) in [7, 11) is 1.37. The number of rotatable bonds is 2. The number of methoxy groups -OCH3 is 1. The molecule has 1 aliphatic heterocycles. The van der Waals surface area contributed by atoms with Crippen LogP contribution in [0, 0.1) is 5.41 Å². The van der Waals surface area contributed by atoms with Crippen LogP contribution in [0.5, 0.6) is 0 Å². The Balaban J connectivity index is 2.38. The van der Waals surface area contributed by atoms with Crippen LogP contribution >= 0.6 is 0 Å². The van der Waals surface area contributed by atoms with E-state index < -0.39 is 0 Å². The molecule has 0 aromatic rings. The first-order chi connectivity index (χ1) is 6.43. The minimum Gasteiger partial charge on any atom is -0.469 e. The van der Waals surface area contributed by atoms with Gasteiger partial charge < -0.3 is 14.2 Å². The summed E-state index contributed by atoms with van der Waals surface area (Å²) in [4.78, 5) is 11.0. The van der Waals surface area contributed by atoms with Gasteiger partial charge in [0.1, 0.15) is 0 Å². The first-order valence-electron chi connectivity index (χ1n) is 4.77. The zero-order chi connectivity index (χ0) is 10.8. The lowest BCUT2D eigenvalue weighted by Gasteiger charge is -2.25. The van der Waals surface area contributed by atoms with Crippen LogP contribution in [-0.2, 0) is 19.0 Å². The van der Waals surface area contributed by atoms with E-state index in [1.807, 2.05) is 20.8 Å². The lowest BCUT2D eigenvalue weighted by atomic mass is 9.96. The Morgan fingerprint density at radius 2 is 2.14 bits per heavy atom. The fraction of sp³-hybridized carbons (Fsp3) is 0.900. The molecule has 0 radical (unpaired) electrons. The van der Waals surface area contributed by atoms with Crippen LogP contribution in [-0.4, -0.2) is 32.1 Å². The van der Waals surface area contributed by atoms with E-state index in [9.17, 15) is 4.79 Å². The molecule has 82 valence electrons. The van der Waals surface area contributed by atoms with Crippen molar-refractivity contribution in [1.82, 2.24) is 0 Å². The van der Waals surface area contributed by atoms with Crippen LogP contribution in [0.3, 0.4) is 0 Å². The van der Waals surface area contributed by atoms with E-state index in [1.165, 1.54) is 7.11 Å². The topological polar surface area (TPSA) is 44.8 Å². The second-order valence-corrected chi connectivity index (χ2v) is 4.57. The molecule has 4 nitrogen and oxygen atoms in total. The van der Waals surface area contributed by atoms with Crippen LogP contribution < -0.4 is 0 Å². The van der Waals surface area contributed by atoms with Crippen molar-refractivity contribution in [2.24, 2.45) is 5.41 Å². The summed E-state index contributed by atoms with van der Waals surface area (Å²) < 4.78 is 15.6. The van der Waals surface area contributed by atoms with Crippen molar-refractivity contribution >= 4 is 5.97 Å². The molecule has 0 aromatic carbocycles. The van der Waals surface area contributed by atoms with Crippen molar-refractivity contribution < 1.29 is 19.0 Å². The van der Waals surface area contributed by atoms with Crippen molar-refractivity contribution in [3.63, 3.8) is 0 Å². The summed E-state index contributed by atoms with van der Waals surface area (Å²) in [6.07, 6.45) is -0.118. The molecule has 1 rings (SSSR count). The minimum absolute atomic E-state index is 0.0507. The van der Waals surface area contributed by atoms with Crippen molar-refractivity contribution in [3.05, 3.63) is 0 Å². The number of esters is 1. The highest BCUT2D eigenvalue weighted by molar-refractivity contribution is 5.69. The van der Waals surface area contributed by atoms with Crippen molar-refractivity contribution in [2.45, 2.75) is 39.6 Å². The first-order valence-corrected chi connectivity index (χ1v) is 4.77. The predicted molar refractivity (Wildman–Crippen MR) is 50.7 cm³/mol. The maximum absolute atomic E-state index is 11.0. The Morgan fingerprint density at radius 3 is 2.57 bits per heavy atom. The Bertz CT molecular complexity index is 207. The molecule has 0 bridgehead atoms. The van der Waals surface area contributed by atoms with E-state index in [2.05, 4.69) is 4.74 Å².